The first-order chi connectivity index (χ1) is 13.9. The van der Waals surface area contributed by atoms with Crippen LogP contribution >= 0.6 is 12.4 Å². The molecule has 1 aliphatic heterocycles. The molecule has 2 atom stereocenters. The van der Waals surface area contributed by atoms with Crippen LogP contribution in [-0.4, -0.2) is 42.9 Å². The summed E-state index contributed by atoms with van der Waals surface area (Å²) >= 11 is 0. The molecule has 1 aliphatic rings. The molecule has 0 spiro atoms. The molecule has 2 aromatic carbocycles. The van der Waals surface area contributed by atoms with Crippen molar-refractivity contribution in [1.29, 1.82) is 0 Å². The minimum atomic E-state index is -0.526. The summed E-state index contributed by atoms with van der Waals surface area (Å²) in [7, 11) is 0. The van der Waals surface area contributed by atoms with Gasteiger partial charge in [0, 0.05) is 26.2 Å². The molecule has 3 N–H and O–H groups in total. The predicted octanol–water partition coefficient (Wildman–Crippen LogP) is 2.32. The van der Waals surface area contributed by atoms with E-state index in [-0.39, 0.29) is 29.9 Å². The van der Waals surface area contributed by atoms with Crippen LogP contribution < -0.4 is 11.1 Å². The van der Waals surface area contributed by atoms with Crippen LogP contribution in [0, 0.1) is 23.5 Å². The number of amides is 2. The van der Waals surface area contributed by atoms with Gasteiger partial charge in [-0.05, 0) is 48.2 Å². The second kappa shape index (κ2) is 11.0. The Kier molecular flexibility index (Phi) is 8.74. The van der Waals surface area contributed by atoms with E-state index in [0.29, 0.717) is 39.0 Å². The lowest BCUT2D eigenvalue weighted by Gasteiger charge is -2.27. The predicted molar refractivity (Wildman–Crippen MR) is 113 cm³/mol. The molecule has 1 saturated heterocycles. The van der Waals surface area contributed by atoms with E-state index in [9.17, 15) is 18.4 Å². The van der Waals surface area contributed by atoms with Gasteiger partial charge in [-0.2, -0.15) is 0 Å². The monoisotopic (exact) mass is 437 g/mol. The number of halogens is 3. The fourth-order valence-electron chi connectivity index (χ4n) is 3.63. The number of rotatable bonds is 8. The maximum Gasteiger partial charge on any atom is 0.227 e. The highest BCUT2D eigenvalue weighted by Crippen LogP contribution is 2.20. The molecule has 30 heavy (non-hydrogen) atoms. The van der Waals surface area contributed by atoms with Gasteiger partial charge in [-0.3, -0.25) is 9.59 Å². The minimum absolute atomic E-state index is 0. The molecular formula is C22H26ClF2N3O2. The number of carbonyl (C=O) groups excluding carboxylic acids is 2. The normalized spacial score (nSPS) is 17.9. The van der Waals surface area contributed by atoms with Crippen LogP contribution in [0.5, 0.6) is 0 Å². The van der Waals surface area contributed by atoms with Gasteiger partial charge in [0.05, 0.1) is 11.8 Å². The van der Waals surface area contributed by atoms with E-state index in [1.807, 2.05) is 0 Å². The average Bonchev–Trinajstić information content (AvgIpc) is 3.20. The summed E-state index contributed by atoms with van der Waals surface area (Å²) in [5, 5.41) is 3.07. The van der Waals surface area contributed by atoms with Gasteiger partial charge in [0.25, 0.3) is 0 Å². The van der Waals surface area contributed by atoms with E-state index in [2.05, 4.69) is 5.32 Å². The molecule has 0 bridgehead atoms. The second-order valence-electron chi connectivity index (χ2n) is 7.35. The fraction of sp³-hybridized carbons (Fsp3) is 0.364. The van der Waals surface area contributed by atoms with E-state index in [1.165, 1.54) is 24.3 Å². The molecule has 2 unspecified atom stereocenters. The lowest BCUT2D eigenvalue weighted by atomic mass is 9.93. The van der Waals surface area contributed by atoms with Gasteiger partial charge >= 0.3 is 0 Å². The molecule has 162 valence electrons. The Morgan fingerprint density at radius 3 is 1.73 bits per heavy atom. The number of nitrogens with one attached hydrogen (secondary N) is 1. The van der Waals surface area contributed by atoms with Gasteiger partial charge in [-0.15, -0.1) is 12.4 Å². The summed E-state index contributed by atoms with van der Waals surface area (Å²) in [6.07, 6.45) is 1.13. The number of nitrogens with zero attached hydrogens (tertiary/aromatic N) is 1. The molecule has 1 fully saturated rings. The summed E-state index contributed by atoms with van der Waals surface area (Å²) < 4.78 is 26.3. The van der Waals surface area contributed by atoms with Gasteiger partial charge in [0.2, 0.25) is 11.8 Å². The second-order valence-corrected chi connectivity index (χ2v) is 7.35. The van der Waals surface area contributed by atoms with Gasteiger partial charge < -0.3 is 16.0 Å². The SMILES string of the molecule is Cl.NC(=O)C1CNCC1C(=O)N(CCc1ccc(F)cc1)CCc1ccc(F)cc1. The molecule has 2 amide bonds. The number of hydrogen-bond acceptors (Lipinski definition) is 3. The summed E-state index contributed by atoms with van der Waals surface area (Å²) in [5.41, 5.74) is 7.30. The molecule has 0 radical (unpaired) electrons. The van der Waals surface area contributed by atoms with Crippen molar-refractivity contribution >= 4 is 24.2 Å². The lowest BCUT2D eigenvalue weighted by molar-refractivity contribution is -0.139. The van der Waals surface area contributed by atoms with Crippen molar-refractivity contribution in [1.82, 2.24) is 10.2 Å². The van der Waals surface area contributed by atoms with E-state index in [4.69, 9.17) is 5.73 Å². The summed E-state index contributed by atoms with van der Waals surface area (Å²) in [6, 6.07) is 12.4. The third kappa shape index (κ3) is 6.24. The molecule has 0 aliphatic carbocycles. The third-order valence-electron chi connectivity index (χ3n) is 5.38. The number of primary amides is 1. The lowest BCUT2D eigenvalue weighted by Crippen LogP contribution is -2.44. The van der Waals surface area contributed by atoms with Crippen LogP contribution in [0.4, 0.5) is 8.78 Å². The Morgan fingerprint density at radius 2 is 1.30 bits per heavy atom. The molecule has 2 aromatic rings. The third-order valence-corrected chi connectivity index (χ3v) is 5.38. The van der Waals surface area contributed by atoms with Crippen LogP contribution in [0.3, 0.4) is 0 Å². The highest BCUT2D eigenvalue weighted by atomic mass is 35.5. The number of hydrogen-bond donors (Lipinski definition) is 2. The van der Waals surface area contributed by atoms with Gasteiger partial charge in [0.15, 0.2) is 0 Å². The molecule has 1 heterocycles. The van der Waals surface area contributed by atoms with Gasteiger partial charge in [-0.1, -0.05) is 24.3 Å². The molecular weight excluding hydrogens is 412 g/mol. The first-order valence-electron chi connectivity index (χ1n) is 9.72. The van der Waals surface area contributed by atoms with Crippen molar-refractivity contribution in [2.45, 2.75) is 12.8 Å². The highest BCUT2D eigenvalue weighted by Gasteiger charge is 2.38. The Labute approximate surface area is 181 Å². The molecule has 0 aromatic heterocycles. The number of nitrogens with two attached hydrogens (primary N) is 1. The maximum absolute atomic E-state index is 13.2. The topological polar surface area (TPSA) is 75.4 Å². The first kappa shape index (κ1) is 23.8. The van der Waals surface area contributed by atoms with Crippen molar-refractivity contribution in [2.24, 2.45) is 17.6 Å². The molecule has 5 nitrogen and oxygen atoms in total. The van der Waals surface area contributed by atoms with Gasteiger partial charge in [-0.25, -0.2) is 8.78 Å². The van der Waals surface area contributed by atoms with E-state index in [0.717, 1.165) is 11.1 Å². The summed E-state index contributed by atoms with van der Waals surface area (Å²) in [5.74, 6) is -2.23. The van der Waals surface area contributed by atoms with Crippen LogP contribution in [0.2, 0.25) is 0 Å². The van der Waals surface area contributed by atoms with Gasteiger partial charge in [0.1, 0.15) is 11.6 Å². The zero-order valence-corrected chi connectivity index (χ0v) is 17.3. The number of benzene rings is 2. The minimum Gasteiger partial charge on any atom is -0.369 e. The van der Waals surface area contributed by atoms with Crippen LogP contribution in [-0.2, 0) is 22.4 Å². The standard InChI is InChI=1S/C22H25F2N3O2.ClH/c23-17-5-1-15(2-6-17)9-11-27(12-10-16-3-7-18(24)8-4-16)22(29)20-14-26-13-19(20)21(25)28;/h1-8,19-20,26H,9-14H2,(H2,25,28);1H. The Hall–Kier alpha value is -2.51. The maximum atomic E-state index is 13.2. The first-order valence-corrected chi connectivity index (χ1v) is 9.72. The van der Waals surface area contributed by atoms with Crippen LogP contribution in [0.15, 0.2) is 48.5 Å². The van der Waals surface area contributed by atoms with Crippen LogP contribution in [0.25, 0.3) is 0 Å². The zero-order chi connectivity index (χ0) is 20.8. The van der Waals surface area contributed by atoms with Crippen molar-refractivity contribution in [2.75, 3.05) is 26.2 Å². The van der Waals surface area contributed by atoms with E-state index < -0.39 is 17.7 Å². The zero-order valence-electron chi connectivity index (χ0n) is 16.5. The van der Waals surface area contributed by atoms with Crippen molar-refractivity contribution in [3.8, 4) is 0 Å². The smallest absolute Gasteiger partial charge is 0.227 e. The summed E-state index contributed by atoms with van der Waals surface area (Å²) in [6.45, 7) is 1.69. The average molecular weight is 438 g/mol. The Morgan fingerprint density at radius 1 is 0.867 bits per heavy atom. The van der Waals surface area contributed by atoms with Crippen LogP contribution in [0.1, 0.15) is 11.1 Å². The molecule has 0 saturated carbocycles. The largest absolute Gasteiger partial charge is 0.369 e. The Balaban J connectivity index is 0.00000320. The molecule has 8 heteroatoms. The quantitative estimate of drug-likeness (QED) is 0.665. The molecule has 3 rings (SSSR count). The Bertz CT molecular complexity index is 797. The highest BCUT2D eigenvalue weighted by molar-refractivity contribution is 5.88. The van der Waals surface area contributed by atoms with E-state index >= 15 is 0 Å². The fourth-order valence-corrected chi connectivity index (χ4v) is 3.63. The number of carbonyl (C=O) groups is 2. The summed E-state index contributed by atoms with van der Waals surface area (Å²) in [4.78, 5) is 26.6. The van der Waals surface area contributed by atoms with Crippen molar-refractivity contribution < 1.29 is 18.4 Å². The van der Waals surface area contributed by atoms with Crippen molar-refractivity contribution in [3.05, 3.63) is 71.3 Å². The van der Waals surface area contributed by atoms with E-state index in [1.54, 1.807) is 29.2 Å². The van der Waals surface area contributed by atoms with Crippen molar-refractivity contribution in [3.63, 3.8) is 0 Å².